The minimum absolute atomic E-state index is 0.319. The first-order valence-electron chi connectivity index (χ1n) is 5.91. The van der Waals surface area contributed by atoms with Crippen LogP contribution in [0.4, 0.5) is 0 Å². The van der Waals surface area contributed by atoms with Crippen LogP contribution in [0.5, 0.6) is 0 Å². The largest absolute Gasteiger partial charge is 0.279 e. The average Bonchev–Trinajstić information content (AvgIpc) is 2.53. The zero-order chi connectivity index (χ0) is 14.4. The van der Waals surface area contributed by atoms with Crippen molar-refractivity contribution in [2.75, 3.05) is 0 Å². The van der Waals surface area contributed by atoms with Gasteiger partial charge in [0.2, 0.25) is 5.24 Å². The Morgan fingerprint density at radius 2 is 1.53 bits per heavy atom. The van der Waals surface area contributed by atoms with Crippen molar-refractivity contribution in [2.45, 2.75) is 26.8 Å². The van der Waals surface area contributed by atoms with Gasteiger partial charge in [-0.3, -0.25) is 19.3 Å². The first-order valence-corrected chi connectivity index (χ1v) is 6.29. The SMILES string of the molecule is CC(C)(C)[C@H](C(=O)Cl)N1C(=O)c2ccccc2C1=O. The third-order valence-electron chi connectivity index (χ3n) is 3.12. The molecular formula is C14H14ClNO3. The molecular weight excluding hydrogens is 266 g/mol. The van der Waals surface area contributed by atoms with Crippen molar-refractivity contribution in [3.63, 3.8) is 0 Å². The average molecular weight is 280 g/mol. The molecule has 0 saturated heterocycles. The number of imide groups is 1. The Morgan fingerprint density at radius 1 is 1.11 bits per heavy atom. The number of carbonyl (C=O) groups excluding carboxylic acids is 3. The number of amides is 2. The quantitative estimate of drug-likeness (QED) is 0.617. The summed E-state index contributed by atoms with van der Waals surface area (Å²) < 4.78 is 0. The first kappa shape index (κ1) is 13.7. The molecule has 0 spiro atoms. The minimum Gasteiger partial charge on any atom is -0.279 e. The molecule has 2 rings (SSSR count). The van der Waals surface area contributed by atoms with E-state index < -0.39 is 28.5 Å². The third kappa shape index (κ3) is 2.16. The summed E-state index contributed by atoms with van der Waals surface area (Å²) in [5, 5.41) is -0.706. The van der Waals surface area contributed by atoms with Crippen molar-refractivity contribution in [2.24, 2.45) is 5.41 Å². The van der Waals surface area contributed by atoms with Gasteiger partial charge in [-0.25, -0.2) is 0 Å². The van der Waals surface area contributed by atoms with Crippen LogP contribution in [-0.4, -0.2) is 28.0 Å². The zero-order valence-corrected chi connectivity index (χ0v) is 11.7. The topological polar surface area (TPSA) is 54.5 Å². The number of carbonyl (C=O) groups is 3. The van der Waals surface area contributed by atoms with Gasteiger partial charge in [0.15, 0.2) is 0 Å². The molecule has 0 bridgehead atoms. The molecule has 1 aromatic carbocycles. The van der Waals surface area contributed by atoms with E-state index in [2.05, 4.69) is 0 Å². The second-order valence-corrected chi connectivity index (χ2v) is 5.97. The zero-order valence-electron chi connectivity index (χ0n) is 10.9. The van der Waals surface area contributed by atoms with E-state index in [1.54, 1.807) is 45.0 Å². The van der Waals surface area contributed by atoms with Crippen LogP contribution in [0.15, 0.2) is 24.3 Å². The highest BCUT2D eigenvalue weighted by atomic mass is 35.5. The number of hydrogen-bond acceptors (Lipinski definition) is 3. The van der Waals surface area contributed by atoms with Gasteiger partial charge in [-0.05, 0) is 29.1 Å². The van der Waals surface area contributed by atoms with E-state index in [4.69, 9.17) is 11.6 Å². The molecule has 0 aromatic heterocycles. The van der Waals surface area contributed by atoms with Crippen LogP contribution in [0.3, 0.4) is 0 Å². The summed E-state index contributed by atoms with van der Waals surface area (Å²) in [6, 6.07) is 5.55. The van der Waals surface area contributed by atoms with Crippen molar-refractivity contribution in [1.29, 1.82) is 0 Å². The standard InChI is InChI=1S/C14H14ClNO3/c1-14(2,3)10(11(15)17)16-12(18)8-6-4-5-7-9(8)13(16)19/h4-7,10H,1-3H3/t10-/m0/s1. The number of halogens is 1. The maximum absolute atomic E-state index is 12.3. The summed E-state index contributed by atoms with van der Waals surface area (Å²) in [6.45, 7) is 5.30. The van der Waals surface area contributed by atoms with Crippen LogP contribution in [0.25, 0.3) is 0 Å². The lowest BCUT2D eigenvalue weighted by Crippen LogP contribution is -2.50. The van der Waals surface area contributed by atoms with E-state index in [9.17, 15) is 14.4 Å². The monoisotopic (exact) mass is 279 g/mol. The van der Waals surface area contributed by atoms with Crippen LogP contribution >= 0.6 is 11.6 Å². The van der Waals surface area contributed by atoms with Crippen LogP contribution in [0.2, 0.25) is 0 Å². The lowest BCUT2D eigenvalue weighted by atomic mass is 9.86. The molecule has 19 heavy (non-hydrogen) atoms. The van der Waals surface area contributed by atoms with Gasteiger partial charge in [0.05, 0.1) is 11.1 Å². The Kier molecular flexibility index (Phi) is 3.22. The Hall–Kier alpha value is -1.68. The normalized spacial score (nSPS) is 16.5. The number of benzene rings is 1. The van der Waals surface area contributed by atoms with Crippen molar-refractivity contribution in [3.8, 4) is 0 Å². The Labute approximate surface area is 116 Å². The molecule has 4 nitrogen and oxygen atoms in total. The lowest BCUT2D eigenvalue weighted by molar-refractivity contribution is -0.118. The highest BCUT2D eigenvalue weighted by Crippen LogP contribution is 2.33. The van der Waals surface area contributed by atoms with Gasteiger partial charge < -0.3 is 0 Å². The molecule has 0 unspecified atom stereocenters. The molecule has 1 aliphatic rings. The van der Waals surface area contributed by atoms with Crippen LogP contribution in [0.1, 0.15) is 41.5 Å². The molecule has 0 aliphatic carbocycles. The summed E-state index contributed by atoms with van der Waals surface area (Å²) in [5.74, 6) is -0.927. The molecule has 100 valence electrons. The second-order valence-electron chi connectivity index (χ2n) is 5.60. The fourth-order valence-electron chi connectivity index (χ4n) is 2.27. The molecule has 0 radical (unpaired) electrons. The van der Waals surface area contributed by atoms with Crippen molar-refractivity contribution < 1.29 is 14.4 Å². The Bertz CT molecular complexity index is 539. The third-order valence-corrected chi connectivity index (χ3v) is 3.33. The molecule has 0 saturated carbocycles. The summed E-state index contributed by atoms with van der Waals surface area (Å²) in [4.78, 5) is 37.2. The van der Waals surface area contributed by atoms with E-state index in [0.29, 0.717) is 11.1 Å². The second kappa shape index (κ2) is 4.46. The highest BCUT2D eigenvalue weighted by Gasteiger charge is 2.46. The van der Waals surface area contributed by atoms with Crippen molar-refractivity contribution in [3.05, 3.63) is 35.4 Å². The van der Waals surface area contributed by atoms with Gasteiger partial charge in [0.25, 0.3) is 11.8 Å². The molecule has 0 N–H and O–H groups in total. The van der Waals surface area contributed by atoms with Gasteiger partial charge in [0.1, 0.15) is 6.04 Å². The van der Waals surface area contributed by atoms with E-state index in [1.165, 1.54) is 0 Å². The van der Waals surface area contributed by atoms with Gasteiger partial charge >= 0.3 is 0 Å². The fourth-order valence-corrected chi connectivity index (χ4v) is 2.70. The van der Waals surface area contributed by atoms with Crippen LogP contribution in [0, 0.1) is 5.41 Å². The molecule has 5 heteroatoms. The molecule has 0 fully saturated rings. The summed E-state index contributed by atoms with van der Waals surface area (Å²) >= 11 is 5.60. The smallest absolute Gasteiger partial charge is 0.262 e. The van der Waals surface area contributed by atoms with Gasteiger partial charge in [-0.1, -0.05) is 32.9 Å². The molecule has 2 amide bonds. The number of hydrogen-bond donors (Lipinski definition) is 0. The fraction of sp³-hybridized carbons (Fsp3) is 0.357. The molecule has 1 aliphatic heterocycles. The number of fused-ring (bicyclic) bond motifs is 1. The summed E-state index contributed by atoms with van der Waals surface area (Å²) in [5.41, 5.74) is 0.0194. The van der Waals surface area contributed by atoms with Gasteiger partial charge in [-0.15, -0.1) is 0 Å². The molecule has 1 atom stereocenters. The number of nitrogens with zero attached hydrogens (tertiary/aromatic N) is 1. The predicted molar refractivity (Wildman–Crippen MR) is 71.0 cm³/mol. The van der Waals surface area contributed by atoms with E-state index >= 15 is 0 Å². The Balaban J connectivity index is 2.52. The van der Waals surface area contributed by atoms with E-state index in [-0.39, 0.29) is 0 Å². The predicted octanol–water partition coefficient (Wildman–Crippen LogP) is 2.46. The highest BCUT2D eigenvalue weighted by molar-refractivity contribution is 6.65. The maximum Gasteiger partial charge on any atom is 0.262 e. The maximum atomic E-state index is 12.3. The summed E-state index contributed by atoms with van der Waals surface area (Å²) in [7, 11) is 0. The van der Waals surface area contributed by atoms with Crippen molar-refractivity contribution in [1.82, 2.24) is 4.90 Å². The van der Waals surface area contributed by atoms with Gasteiger partial charge in [0, 0.05) is 0 Å². The minimum atomic E-state index is -0.971. The molecule has 1 aromatic rings. The lowest BCUT2D eigenvalue weighted by Gasteiger charge is -2.33. The first-order chi connectivity index (χ1) is 8.75. The molecule has 1 heterocycles. The van der Waals surface area contributed by atoms with E-state index in [1.807, 2.05) is 0 Å². The van der Waals surface area contributed by atoms with Crippen LogP contribution < -0.4 is 0 Å². The van der Waals surface area contributed by atoms with Crippen molar-refractivity contribution >= 4 is 28.7 Å². The van der Waals surface area contributed by atoms with Gasteiger partial charge in [-0.2, -0.15) is 0 Å². The number of rotatable bonds is 2. The van der Waals surface area contributed by atoms with Crippen LogP contribution in [-0.2, 0) is 4.79 Å². The Morgan fingerprint density at radius 3 is 1.84 bits per heavy atom. The summed E-state index contributed by atoms with van der Waals surface area (Å²) in [6.07, 6.45) is 0. The van der Waals surface area contributed by atoms with E-state index in [0.717, 1.165) is 4.90 Å².